The zero-order valence-corrected chi connectivity index (χ0v) is 9.00. The summed E-state index contributed by atoms with van der Waals surface area (Å²) in [6.45, 7) is 9.32. The van der Waals surface area contributed by atoms with Crippen LogP contribution in [0.1, 0.15) is 34.1 Å². The van der Waals surface area contributed by atoms with Crippen LogP contribution in [-0.2, 0) is 4.79 Å². The molecule has 0 aromatic carbocycles. The summed E-state index contributed by atoms with van der Waals surface area (Å²) in [5, 5.41) is 11.7. The summed E-state index contributed by atoms with van der Waals surface area (Å²) in [6.07, 6.45) is 0.199. The largest absolute Gasteiger partial charge is 0.481 e. The Labute approximate surface area is 80.5 Å². The monoisotopic (exact) mass is 187 g/mol. The second-order valence-corrected chi connectivity index (χ2v) is 4.13. The molecule has 0 heterocycles. The Hall–Kier alpha value is -0.570. The van der Waals surface area contributed by atoms with Gasteiger partial charge in [0.25, 0.3) is 0 Å². The third kappa shape index (κ3) is 6.58. The van der Waals surface area contributed by atoms with Crippen molar-refractivity contribution in [3.8, 4) is 0 Å². The molecule has 3 nitrogen and oxygen atoms in total. The lowest BCUT2D eigenvalue weighted by atomic mass is 9.98. The van der Waals surface area contributed by atoms with Gasteiger partial charge < -0.3 is 10.4 Å². The average molecular weight is 187 g/mol. The summed E-state index contributed by atoms with van der Waals surface area (Å²) in [6, 6.07) is 0.0682. The van der Waals surface area contributed by atoms with Crippen LogP contribution in [0, 0.1) is 11.8 Å². The van der Waals surface area contributed by atoms with Crippen LogP contribution in [-0.4, -0.2) is 23.7 Å². The lowest BCUT2D eigenvalue weighted by Crippen LogP contribution is -2.33. The molecule has 78 valence electrons. The van der Waals surface area contributed by atoms with Crippen LogP contribution >= 0.6 is 0 Å². The van der Waals surface area contributed by atoms with Gasteiger partial charge in [0.05, 0.1) is 6.42 Å². The van der Waals surface area contributed by atoms with Gasteiger partial charge in [-0.25, -0.2) is 0 Å². The van der Waals surface area contributed by atoms with E-state index in [-0.39, 0.29) is 12.5 Å². The molecule has 0 aromatic rings. The molecule has 0 aliphatic carbocycles. The average Bonchev–Trinajstić information content (AvgIpc) is 1.98. The fourth-order valence-electron chi connectivity index (χ4n) is 0.957. The third-order valence-corrected chi connectivity index (χ3v) is 2.41. The molecule has 0 radical (unpaired) electrons. The Balaban J connectivity index is 3.57. The summed E-state index contributed by atoms with van der Waals surface area (Å²) in [5.41, 5.74) is 0. The number of nitrogens with one attached hydrogen (secondary N) is 1. The van der Waals surface area contributed by atoms with Gasteiger partial charge in [-0.1, -0.05) is 20.8 Å². The summed E-state index contributed by atoms with van der Waals surface area (Å²) in [5.74, 6) is 0.498. The summed E-state index contributed by atoms with van der Waals surface area (Å²) >= 11 is 0. The van der Waals surface area contributed by atoms with E-state index in [0.717, 1.165) is 6.54 Å². The quantitative estimate of drug-likeness (QED) is 0.665. The van der Waals surface area contributed by atoms with Crippen molar-refractivity contribution in [1.29, 1.82) is 0 Å². The van der Waals surface area contributed by atoms with Crippen LogP contribution in [0.3, 0.4) is 0 Å². The summed E-state index contributed by atoms with van der Waals surface area (Å²) in [4.78, 5) is 10.3. The Morgan fingerprint density at radius 3 is 2.23 bits per heavy atom. The molecular weight excluding hydrogens is 166 g/mol. The van der Waals surface area contributed by atoms with Crippen molar-refractivity contribution in [3.63, 3.8) is 0 Å². The third-order valence-electron chi connectivity index (χ3n) is 2.41. The summed E-state index contributed by atoms with van der Waals surface area (Å²) < 4.78 is 0. The highest BCUT2D eigenvalue weighted by molar-refractivity contribution is 5.67. The molecule has 0 spiro atoms. The van der Waals surface area contributed by atoms with Crippen LogP contribution in [0.15, 0.2) is 0 Å². The maximum absolute atomic E-state index is 10.3. The van der Waals surface area contributed by atoms with Crippen LogP contribution in [0.4, 0.5) is 0 Å². The number of carboxylic acid groups (broad SMARTS) is 1. The standard InChI is InChI=1S/C10H21NO2/c1-7(2)8(3)6-11-9(4)5-10(12)13/h7-9,11H,5-6H2,1-4H3,(H,12,13). The zero-order chi connectivity index (χ0) is 10.4. The second-order valence-electron chi connectivity index (χ2n) is 4.13. The van der Waals surface area contributed by atoms with Gasteiger partial charge in [0.2, 0.25) is 0 Å². The highest BCUT2D eigenvalue weighted by Crippen LogP contribution is 2.08. The van der Waals surface area contributed by atoms with E-state index >= 15 is 0 Å². The first-order valence-electron chi connectivity index (χ1n) is 4.88. The van der Waals surface area contributed by atoms with Gasteiger partial charge in [-0.05, 0) is 25.3 Å². The fraction of sp³-hybridized carbons (Fsp3) is 0.900. The molecule has 2 unspecified atom stereocenters. The smallest absolute Gasteiger partial charge is 0.304 e. The van der Waals surface area contributed by atoms with Crippen molar-refractivity contribution in [3.05, 3.63) is 0 Å². The maximum Gasteiger partial charge on any atom is 0.304 e. The van der Waals surface area contributed by atoms with E-state index in [0.29, 0.717) is 11.8 Å². The van der Waals surface area contributed by atoms with E-state index in [4.69, 9.17) is 5.11 Å². The molecule has 0 aromatic heterocycles. The van der Waals surface area contributed by atoms with Crippen molar-refractivity contribution in [2.45, 2.75) is 40.2 Å². The van der Waals surface area contributed by atoms with Gasteiger partial charge in [-0.15, -0.1) is 0 Å². The SMILES string of the molecule is CC(CC(=O)O)NCC(C)C(C)C. The van der Waals surface area contributed by atoms with E-state index in [1.807, 2.05) is 6.92 Å². The predicted molar refractivity (Wildman–Crippen MR) is 53.7 cm³/mol. The van der Waals surface area contributed by atoms with E-state index in [9.17, 15) is 4.79 Å². The Morgan fingerprint density at radius 2 is 1.85 bits per heavy atom. The van der Waals surface area contributed by atoms with E-state index in [2.05, 4.69) is 26.1 Å². The minimum absolute atomic E-state index is 0.0682. The van der Waals surface area contributed by atoms with Crippen molar-refractivity contribution < 1.29 is 9.90 Å². The van der Waals surface area contributed by atoms with E-state index < -0.39 is 5.97 Å². The number of hydrogen-bond acceptors (Lipinski definition) is 2. The minimum atomic E-state index is -0.739. The molecule has 2 atom stereocenters. The van der Waals surface area contributed by atoms with Gasteiger partial charge >= 0.3 is 5.97 Å². The van der Waals surface area contributed by atoms with Crippen LogP contribution < -0.4 is 5.32 Å². The Bertz CT molecular complexity index is 157. The van der Waals surface area contributed by atoms with Crippen molar-refractivity contribution in [1.82, 2.24) is 5.32 Å². The molecule has 13 heavy (non-hydrogen) atoms. The van der Waals surface area contributed by atoms with Crippen molar-refractivity contribution in [2.75, 3.05) is 6.54 Å². The molecule has 0 fully saturated rings. The van der Waals surface area contributed by atoms with Gasteiger partial charge in [-0.2, -0.15) is 0 Å². The highest BCUT2D eigenvalue weighted by Gasteiger charge is 2.10. The number of carboxylic acids is 1. The molecule has 0 saturated carbocycles. The summed E-state index contributed by atoms with van der Waals surface area (Å²) in [7, 11) is 0. The fourth-order valence-corrected chi connectivity index (χ4v) is 0.957. The molecule has 0 aliphatic heterocycles. The maximum atomic E-state index is 10.3. The van der Waals surface area contributed by atoms with Crippen molar-refractivity contribution >= 4 is 5.97 Å². The Kier molecular flexibility index (Phi) is 5.71. The van der Waals surface area contributed by atoms with Gasteiger partial charge in [0, 0.05) is 6.04 Å². The molecule has 2 N–H and O–H groups in total. The van der Waals surface area contributed by atoms with E-state index in [1.165, 1.54) is 0 Å². The minimum Gasteiger partial charge on any atom is -0.481 e. The van der Waals surface area contributed by atoms with Gasteiger partial charge in [0.1, 0.15) is 0 Å². The van der Waals surface area contributed by atoms with Crippen LogP contribution in [0.5, 0.6) is 0 Å². The molecule has 0 aliphatic rings. The van der Waals surface area contributed by atoms with Crippen LogP contribution in [0.25, 0.3) is 0 Å². The first-order valence-corrected chi connectivity index (χ1v) is 4.88. The van der Waals surface area contributed by atoms with Crippen molar-refractivity contribution in [2.24, 2.45) is 11.8 Å². The first kappa shape index (κ1) is 12.4. The molecule has 0 amide bonds. The molecule has 0 saturated heterocycles. The number of rotatable bonds is 6. The molecule has 3 heteroatoms. The number of carbonyl (C=O) groups is 1. The lowest BCUT2D eigenvalue weighted by molar-refractivity contribution is -0.137. The molecule has 0 rings (SSSR count). The highest BCUT2D eigenvalue weighted by atomic mass is 16.4. The van der Waals surface area contributed by atoms with Gasteiger partial charge in [-0.3, -0.25) is 4.79 Å². The van der Waals surface area contributed by atoms with Gasteiger partial charge in [0.15, 0.2) is 0 Å². The normalized spacial score (nSPS) is 15.8. The Morgan fingerprint density at radius 1 is 1.31 bits per heavy atom. The molecule has 0 bridgehead atoms. The molecular formula is C10H21NO2. The topological polar surface area (TPSA) is 49.3 Å². The second kappa shape index (κ2) is 5.97. The number of hydrogen-bond donors (Lipinski definition) is 2. The zero-order valence-electron chi connectivity index (χ0n) is 9.00. The lowest BCUT2D eigenvalue weighted by Gasteiger charge is -2.19. The number of aliphatic carboxylic acids is 1. The first-order chi connectivity index (χ1) is 5.93. The van der Waals surface area contributed by atoms with E-state index in [1.54, 1.807) is 0 Å². The van der Waals surface area contributed by atoms with Crippen LogP contribution in [0.2, 0.25) is 0 Å². The predicted octanol–water partition coefficient (Wildman–Crippen LogP) is 1.73.